The lowest BCUT2D eigenvalue weighted by Gasteiger charge is -2.06. The highest BCUT2D eigenvalue weighted by molar-refractivity contribution is 6.27. The summed E-state index contributed by atoms with van der Waals surface area (Å²) in [5.41, 5.74) is 2.27. The average Bonchev–Trinajstić information content (AvgIpc) is 2.41. The molecule has 0 bridgehead atoms. The second-order valence-electron chi connectivity index (χ2n) is 3.49. The third-order valence-corrected chi connectivity index (χ3v) is 3.28. The van der Waals surface area contributed by atoms with Gasteiger partial charge in [-0.15, -0.1) is 0 Å². The van der Waals surface area contributed by atoms with Crippen LogP contribution in [0.3, 0.4) is 0 Å². The fourth-order valence-corrected chi connectivity index (χ4v) is 2.23. The fourth-order valence-electron chi connectivity index (χ4n) is 1.40. The summed E-state index contributed by atoms with van der Waals surface area (Å²) in [6, 6.07) is 9.32. The van der Waals surface area contributed by atoms with Gasteiger partial charge < -0.3 is 4.43 Å². The fraction of sp³-hybridized carbons (Fsp3) is 0.286. The highest BCUT2D eigenvalue weighted by Crippen LogP contribution is 2.10. The van der Waals surface area contributed by atoms with E-state index in [1.807, 2.05) is 36.4 Å². The zero-order valence-corrected chi connectivity index (χ0v) is 10.6. The summed E-state index contributed by atoms with van der Waals surface area (Å²) in [4.78, 5) is 0. The summed E-state index contributed by atoms with van der Waals surface area (Å²) in [5, 5.41) is 0. The molecule has 1 aromatic rings. The number of hydrogen-bond acceptors (Lipinski definition) is 1. The molecule has 1 saturated heterocycles. The Morgan fingerprint density at radius 3 is 1.94 bits per heavy atom. The van der Waals surface area contributed by atoms with Crippen LogP contribution in [0, 0.1) is 0 Å². The van der Waals surface area contributed by atoms with Crippen molar-refractivity contribution in [3.05, 3.63) is 48.6 Å². The number of hydrogen-bond donors (Lipinski definition) is 0. The average molecular weight is 230 g/mol. The van der Waals surface area contributed by atoms with Crippen LogP contribution in [0.25, 0.3) is 12.2 Å². The second kappa shape index (κ2) is 8.08. The Hall–Kier alpha value is -1.12. The van der Waals surface area contributed by atoms with Crippen molar-refractivity contribution in [3.8, 4) is 0 Å². The molecule has 84 valence electrons. The van der Waals surface area contributed by atoms with Crippen LogP contribution in [0.5, 0.6) is 0 Å². The first-order valence-corrected chi connectivity index (χ1v) is 6.68. The van der Waals surface area contributed by atoms with Gasteiger partial charge in [0.2, 0.25) is 9.76 Å². The van der Waals surface area contributed by atoms with Gasteiger partial charge in [-0.3, -0.25) is 0 Å². The molecule has 2 radical (unpaired) electrons. The minimum Gasteiger partial charge on any atom is -0.417 e. The van der Waals surface area contributed by atoms with E-state index in [9.17, 15) is 0 Å². The molecule has 0 amide bonds. The lowest BCUT2D eigenvalue weighted by Crippen LogP contribution is -2.06. The molecule has 0 aliphatic carbocycles. The molecule has 0 N–H and O–H groups in total. The minimum atomic E-state index is 0.802. The van der Waals surface area contributed by atoms with Crippen LogP contribution in [0.2, 0.25) is 6.04 Å². The van der Waals surface area contributed by atoms with Crippen molar-refractivity contribution in [2.24, 2.45) is 0 Å². The lowest BCUT2D eigenvalue weighted by molar-refractivity contribution is 0.304. The van der Waals surface area contributed by atoms with Gasteiger partial charge in [0.15, 0.2) is 0 Å². The topological polar surface area (TPSA) is 9.23 Å². The molecule has 2 rings (SSSR count). The third-order valence-electron chi connectivity index (χ3n) is 2.31. The van der Waals surface area contributed by atoms with Gasteiger partial charge in [0.05, 0.1) is 0 Å². The smallest absolute Gasteiger partial charge is 0.229 e. The summed E-state index contributed by atoms with van der Waals surface area (Å²) in [5.74, 6) is 0. The van der Waals surface area contributed by atoms with Gasteiger partial charge in [0.1, 0.15) is 0 Å². The van der Waals surface area contributed by atoms with Gasteiger partial charge >= 0.3 is 0 Å². The summed E-state index contributed by atoms with van der Waals surface area (Å²) in [6.45, 7) is 8.40. The van der Waals surface area contributed by atoms with Crippen LogP contribution < -0.4 is 0 Å². The molecular weight excluding hydrogens is 212 g/mol. The van der Waals surface area contributed by atoms with Crippen molar-refractivity contribution in [1.82, 2.24) is 0 Å². The lowest BCUT2D eigenvalue weighted by atomic mass is 10.1. The van der Waals surface area contributed by atoms with Crippen LogP contribution in [-0.4, -0.2) is 16.4 Å². The van der Waals surface area contributed by atoms with Crippen molar-refractivity contribution in [2.45, 2.75) is 18.9 Å². The van der Waals surface area contributed by atoms with Crippen molar-refractivity contribution in [2.75, 3.05) is 6.61 Å². The Morgan fingerprint density at radius 1 is 1.06 bits per heavy atom. The normalized spacial score (nSPS) is 14.5. The summed E-state index contributed by atoms with van der Waals surface area (Å²) >= 11 is 0. The van der Waals surface area contributed by atoms with Gasteiger partial charge in [0.25, 0.3) is 0 Å². The van der Waals surface area contributed by atoms with E-state index in [-0.39, 0.29) is 0 Å². The van der Waals surface area contributed by atoms with E-state index in [0.717, 1.165) is 27.5 Å². The van der Waals surface area contributed by atoms with Gasteiger partial charge in [-0.1, -0.05) is 56.0 Å². The van der Waals surface area contributed by atoms with Gasteiger partial charge in [0, 0.05) is 6.61 Å². The van der Waals surface area contributed by atoms with E-state index in [4.69, 9.17) is 4.43 Å². The van der Waals surface area contributed by atoms with Crippen molar-refractivity contribution in [3.63, 3.8) is 0 Å². The first kappa shape index (κ1) is 12.9. The highest BCUT2D eigenvalue weighted by Gasteiger charge is 1.97. The standard InChI is InChI=1S/C10H10.C4H8OSi/c1-3-9-7-5-6-8-10(9)4-2;1-2-4-6-5-3-1/h3-8H,1-2H2;1-4H2. The second-order valence-corrected chi connectivity index (χ2v) is 4.56. The molecule has 0 spiro atoms. The molecule has 0 saturated carbocycles. The molecule has 16 heavy (non-hydrogen) atoms. The van der Waals surface area contributed by atoms with E-state index >= 15 is 0 Å². The first-order chi connectivity index (χ1) is 7.88. The maximum atomic E-state index is 5.10. The van der Waals surface area contributed by atoms with Crippen LogP contribution in [0.1, 0.15) is 24.0 Å². The molecule has 0 unspecified atom stereocenters. The molecular formula is C14H18OSi. The SMILES string of the molecule is C1CC[Si]OC1.C=Cc1ccccc1C=C. The largest absolute Gasteiger partial charge is 0.417 e. The van der Waals surface area contributed by atoms with Crippen LogP contribution in [0.15, 0.2) is 37.4 Å². The van der Waals surface area contributed by atoms with E-state index in [0.29, 0.717) is 0 Å². The van der Waals surface area contributed by atoms with E-state index in [1.165, 1.54) is 18.9 Å². The quantitative estimate of drug-likeness (QED) is 0.702. The number of benzene rings is 1. The van der Waals surface area contributed by atoms with Crippen LogP contribution in [-0.2, 0) is 4.43 Å². The summed E-state index contributed by atoms with van der Waals surface area (Å²) < 4.78 is 5.10. The maximum absolute atomic E-state index is 5.10. The van der Waals surface area contributed by atoms with Crippen molar-refractivity contribution < 1.29 is 4.43 Å². The molecule has 0 aromatic heterocycles. The Bertz CT molecular complexity index is 291. The van der Waals surface area contributed by atoms with Crippen molar-refractivity contribution >= 4 is 21.9 Å². The molecule has 1 heterocycles. The van der Waals surface area contributed by atoms with E-state index in [1.54, 1.807) is 0 Å². The molecule has 0 atom stereocenters. The zero-order valence-electron chi connectivity index (χ0n) is 9.61. The van der Waals surface area contributed by atoms with Gasteiger partial charge in [-0.25, -0.2) is 0 Å². The predicted molar refractivity (Wildman–Crippen MR) is 72.4 cm³/mol. The summed E-state index contributed by atoms with van der Waals surface area (Å²) in [7, 11) is 0.802. The van der Waals surface area contributed by atoms with Crippen molar-refractivity contribution in [1.29, 1.82) is 0 Å². The Morgan fingerprint density at radius 2 is 1.69 bits per heavy atom. The number of rotatable bonds is 2. The zero-order chi connectivity index (χ0) is 11.6. The molecule has 2 heteroatoms. The van der Waals surface area contributed by atoms with Crippen LogP contribution in [0.4, 0.5) is 0 Å². The van der Waals surface area contributed by atoms with Crippen LogP contribution >= 0.6 is 0 Å². The maximum Gasteiger partial charge on any atom is 0.229 e. The van der Waals surface area contributed by atoms with E-state index < -0.39 is 0 Å². The summed E-state index contributed by atoms with van der Waals surface area (Å²) in [6.07, 6.45) is 6.33. The molecule has 1 nitrogen and oxygen atoms in total. The highest BCUT2D eigenvalue weighted by atomic mass is 28.2. The molecule has 1 fully saturated rings. The van der Waals surface area contributed by atoms with Gasteiger partial charge in [-0.05, 0) is 23.6 Å². The van der Waals surface area contributed by atoms with Gasteiger partial charge in [-0.2, -0.15) is 0 Å². The molecule has 1 aliphatic heterocycles. The molecule has 1 aliphatic rings. The Balaban J connectivity index is 0.000000181. The predicted octanol–water partition coefficient (Wildman–Crippen LogP) is 3.81. The molecule has 1 aromatic carbocycles. The van der Waals surface area contributed by atoms with E-state index in [2.05, 4.69) is 13.2 Å². The minimum absolute atomic E-state index is 0.802. The first-order valence-electron chi connectivity index (χ1n) is 5.57. The Kier molecular flexibility index (Phi) is 6.54. The third kappa shape index (κ3) is 4.60. The Labute approximate surface area is 101 Å². The monoisotopic (exact) mass is 230 g/mol.